The van der Waals surface area contributed by atoms with Crippen LogP contribution in [-0.2, 0) is 10.3 Å². The quantitative estimate of drug-likeness (QED) is 0.661. The van der Waals surface area contributed by atoms with Crippen LogP contribution >= 0.6 is 0 Å². The molecule has 0 atom stereocenters. The van der Waals surface area contributed by atoms with E-state index in [0.717, 1.165) is 31.4 Å². The molecule has 0 radical (unpaired) electrons. The van der Waals surface area contributed by atoms with Crippen LogP contribution in [-0.4, -0.2) is 33.3 Å². The van der Waals surface area contributed by atoms with Crippen LogP contribution in [0.25, 0.3) is 5.69 Å². The summed E-state index contributed by atoms with van der Waals surface area (Å²) in [5, 5.41) is 16.4. The molecule has 4 rings (SSSR count). The number of carbonyl (C=O) groups excluding carboxylic acids is 1. The number of aryl methyl sites for hydroxylation is 1. The second kappa shape index (κ2) is 8.03. The second-order valence-electron chi connectivity index (χ2n) is 7.56. The number of nitrogens with zero attached hydrogens (tertiary/aromatic N) is 4. The van der Waals surface area contributed by atoms with Crippen molar-refractivity contribution in [1.82, 2.24) is 20.2 Å². The van der Waals surface area contributed by atoms with E-state index in [1.165, 1.54) is 19.1 Å². The van der Waals surface area contributed by atoms with Crippen molar-refractivity contribution in [3.05, 3.63) is 65.5 Å². The van der Waals surface area contributed by atoms with Crippen molar-refractivity contribution in [2.24, 2.45) is 0 Å². The fourth-order valence-electron chi connectivity index (χ4n) is 4.06. The number of benzene rings is 2. The summed E-state index contributed by atoms with van der Waals surface area (Å²) >= 11 is 0. The lowest BCUT2D eigenvalue weighted by molar-refractivity contribution is 0.0600. The van der Waals surface area contributed by atoms with Gasteiger partial charge >= 0.3 is 5.97 Å². The Bertz CT molecular complexity index is 990. The summed E-state index contributed by atoms with van der Waals surface area (Å²) in [4.78, 5) is 12.3. The standard InChI is InChI=1S/C22H25N5O2/c1-16-10-12-17(13-11-16)23-22(14-6-3-7-15-22)21-24-25-26-27(21)19-9-5-4-8-18(19)20(28)29-2/h4-5,8-13,23H,3,6-7,14-15H2,1-2H3. The molecule has 7 heteroatoms. The summed E-state index contributed by atoms with van der Waals surface area (Å²) in [6.45, 7) is 2.07. The van der Waals surface area contributed by atoms with Gasteiger partial charge in [0, 0.05) is 5.69 Å². The first kappa shape index (κ1) is 19.1. The zero-order valence-electron chi connectivity index (χ0n) is 16.8. The normalized spacial score (nSPS) is 15.7. The molecule has 3 aromatic rings. The summed E-state index contributed by atoms with van der Waals surface area (Å²) < 4.78 is 6.64. The van der Waals surface area contributed by atoms with Crippen LogP contribution in [0.1, 0.15) is 53.8 Å². The lowest BCUT2D eigenvalue weighted by Crippen LogP contribution is -2.40. The Morgan fingerprint density at radius 3 is 2.52 bits per heavy atom. The predicted octanol–water partition coefficient (Wildman–Crippen LogP) is 4.03. The Hall–Kier alpha value is -3.22. The first-order valence-corrected chi connectivity index (χ1v) is 9.94. The average molecular weight is 391 g/mol. The molecule has 0 unspecified atom stereocenters. The Morgan fingerprint density at radius 2 is 1.79 bits per heavy atom. The van der Waals surface area contributed by atoms with E-state index in [9.17, 15) is 4.79 Å². The summed E-state index contributed by atoms with van der Waals surface area (Å²) in [6.07, 6.45) is 5.20. The molecule has 150 valence electrons. The number of para-hydroxylation sites is 1. The van der Waals surface area contributed by atoms with Gasteiger partial charge in [-0.2, -0.15) is 4.68 Å². The van der Waals surface area contributed by atoms with Crippen LogP contribution in [0.2, 0.25) is 0 Å². The molecule has 0 bridgehead atoms. The van der Waals surface area contributed by atoms with Crippen molar-refractivity contribution in [3.8, 4) is 5.69 Å². The number of nitrogens with one attached hydrogen (secondary N) is 1. The molecule has 1 aromatic heterocycles. The third-order valence-electron chi connectivity index (χ3n) is 5.58. The number of carbonyl (C=O) groups is 1. The van der Waals surface area contributed by atoms with E-state index in [-0.39, 0.29) is 0 Å². The number of rotatable bonds is 5. The summed E-state index contributed by atoms with van der Waals surface area (Å²) in [5.74, 6) is 0.306. The molecular formula is C22H25N5O2. The fraction of sp³-hybridized carbons (Fsp3) is 0.364. The largest absolute Gasteiger partial charge is 0.465 e. The predicted molar refractivity (Wildman–Crippen MR) is 110 cm³/mol. The van der Waals surface area contributed by atoms with E-state index in [4.69, 9.17) is 4.74 Å². The number of ether oxygens (including phenoxy) is 1. The van der Waals surface area contributed by atoms with Crippen molar-refractivity contribution in [2.75, 3.05) is 12.4 Å². The first-order valence-electron chi connectivity index (χ1n) is 9.94. The molecule has 1 saturated carbocycles. The van der Waals surface area contributed by atoms with Crippen molar-refractivity contribution in [2.45, 2.75) is 44.6 Å². The summed E-state index contributed by atoms with van der Waals surface area (Å²) in [7, 11) is 1.38. The van der Waals surface area contributed by atoms with Gasteiger partial charge in [-0.15, -0.1) is 5.10 Å². The fourth-order valence-corrected chi connectivity index (χ4v) is 4.06. The molecule has 29 heavy (non-hydrogen) atoms. The number of anilines is 1. The van der Waals surface area contributed by atoms with E-state index >= 15 is 0 Å². The zero-order chi connectivity index (χ0) is 20.3. The van der Waals surface area contributed by atoms with Gasteiger partial charge in [0.2, 0.25) is 0 Å². The van der Waals surface area contributed by atoms with Crippen LogP contribution in [0.4, 0.5) is 5.69 Å². The monoisotopic (exact) mass is 391 g/mol. The molecular weight excluding hydrogens is 366 g/mol. The molecule has 7 nitrogen and oxygen atoms in total. The summed E-state index contributed by atoms with van der Waals surface area (Å²) in [5.41, 5.74) is 2.90. The molecule has 1 aliphatic carbocycles. The van der Waals surface area contributed by atoms with E-state index in [2.05, 4.69) is 52.0 Å². The lowest BCUT2D eigenvalue weighted by Gasteiger charge is -2.37. The van der Waals surface area contributed by atoms with E-state index < -0.39 is 11.5 Å². The second-order valence-corrected chi connectivity index (χ2v) is 7.56. The van der Waals surface area contributed by atoms with Crippen LogP contribution in [0.5, 0.6) is 0 Å². The minimum atomic E-state index is -0.411. The molecule has 1 N–H and O–H groups in total. The van der Waals surface area contributed by atoms with Crippen molar-refractivity contribution < 1.29 is 9.53 Å². The van der Waals surface area contributed by atoms with E-state index in [1.807, 2.05) is 12.1 Å². The summed E-state index contributed by atoms with van der Waals surface area (Å²) in [6, 6.07) is 15.6. The molecule has 2 aromatic carbocycles. The SMILES string of the molecule is COC(=O)c1ccccc1-n1nnnc1C1(Nc2ccc(C)cc2)CCCCC1. The molecule has 1 aliphatic rings. The van der Waals surface area contributed by atoms with Crippen molar-refractivity contribution in [1.29, 1.82) is 0 Å². The molecule has 0 saturated heterocycles. The highest BCUT2D eigenvalue weighted by Crippen LogP contribution is 2.39. The third-order valence-corrected chi connectivity index (χ3v) is 5.58. The third kappa shape index (κ3) is 3.72. The molecule has 1 fully saturated rings. The van der Waals surface area contributed by atoms with Crippen LogP contribution in [0, 0.1) is 6.92 Å². The number of tetrazole rings is 1. The Balaban J connectivity index is 1.80. The number of hydrogen-bond donors (Lipinski definition) is 1. The average Bonchev–Trinajstić information content (AvgIpc) is 3.26. The van der Waals surface area contributed by atoms with Gasteiger partial charge in [-0.3, -0.25) is 0 Å². The molecule has 0 spiro atoms. The van der Waals surface area contributed by atoms with E-state index in [0.29, 0.717) is 17.1 Å². The van der Waals surface area contributed by atoms with Crippen LogP contribution in [0.3, 0.4) is 0 Å². The number of hydrogen-bond acceptors (Lipinski definition) is 6. The Kier molecular flexibility index (Phi) is 5.29. The highest BCUT2D eigenvalue weighted by atomic mass is 16.5. The number of methoxy groups -OCH3 is 1. The molecule has 0 amide bonds. The number of esters is 1. The highest BCUT2D eigenvalue weighted by molar-refractivity contribution is 5.93. The zero-order valence-corrected chi connectivity index (χ0v) is 16.8. The van der Waals surface area contributed by atoms with Gasteiger partial charge in [0.25, 0.3) is 0 Å². The maximum absolute atomic E-state index is 12.3. The Labute approximate surface area is 170 Å². The Morgan fingerprint density at radius 1 is 1.07 bits per heavy atom. The smallest absolute Gasteiger partial charge is 0.340 e. The van der Waals surface area contributed by atoms with Gasteiger partial charge in [0.05, 0.1) is 23.9 Å². The van der Waals surface area contributed by atoms with Gasteiger partial charge in [0.1, 0.15) is 0 Å². The maximum atomic E-state index is 12.3. The van der Waals surface area contributed by atoms with Gasteiger partial charge in [-0.25, -0.2) is 4.79 Å². The first-order chi connectivity index (χ1) is 14.1. The van der Waals surface area contributed by atoms with E-state index in [1.54, 1.807) is 16.8 Å². The molecule has 0 aliphatic heterocycles. The number of aromatic nitrogens is 4. The maximum Gasteiger partial charge on any atom is 0.340 e. The van der Waals surface area contributed by atoms with Gasteiger partial charge in [-0.05, 0) is 54.5 Å². The van der Waals surface area contributed by atoms with Gasteiger partial charge in [-0.1, -0.05) is 49.1 Å². The van der Waals surface area contributed by atoms with Crippen LogP contribution in [0.15, 0.2) is 48.5 Å². The van der Waals surface area contributed by atoms with Gasteiger partial charge in [0.15, 0.2) is 5.82 Å². The van der Waals surface area contributed by atoms with Crippen LogP contribution < -0.4 is 5.32 Å². The highest BCUT2D eigenvalue weighted by Gasteiger charge is 2.39. The van der Waals surface area contributed by atoms with Crippen molar-refractivity contribution >= 4 is 11.7 Å². The minimum Gasteiger partial charge on any atom is -0.465 e. The van der Waals surface area contributed by atoms with Gasteiger partial charge < -0.3 is 10.1 Å². The molecule has 1 heterocycles. The van der Waals surface area contributed by atoms with Crippen molar-refractivity contribution in [3.63, 3.8) is 0 Å². The minimum absolute atomic E-state index is 0.403. The topological polar surface area (TPSA) is 81.9 Å². The lowest BCUT2D eigenvalue weighted by atomic mass is 9.80.